The van der Waals surface area contributed by atoms with Gasteiger partial charge in [0.15, 0.2) is 5.66 Å². The van der Waals surface area contributed by atoms with E-state index in [1.165, 1.54) is 0 Å². The number of rotatable bonds is 9. The van der Waals surface area contributed by atoms with E-state index in [0.29, 0.717) is 19.3 Å². The summed E-state index contributed by atoms with van der Waals surface area (Å²) in [5.74, 6) is -1.52. The van der Waals surface area contributed by atoms with Gasteiger partial charge in [-0.3, -0.25) is 14.4 Å². The van der Waals surface area contributed by atoms with Gasteiger partial charge in [-0.25, -0.2) is 0 Å². The molecule has 1 saturated carbocycles. The van der Waals surface area contributed by atoms with Crippen molar-refractivity contribution < 1.29 is 14.4 Å². The van der Waals surface area contributed by atoms with Gasteiger partial charge in [-0.15, -0.1) is 0 Å². The van der Waals surface area contributed by atoms with E-state index in [0.717, 1.165) is 25.7 Å². The largest absolute Gasteiger partial charge is 0.366 e. The molecule has 1 aliphatic rings. The third-order valence-electron chi connectivity index (χ3n) is 5.84. The van der Waals surface area contributed by atoms with Crippen LogP contribution in [0.1, 0.15) is 79.6 Å². The summed E-state index contributed by atoms with van der Waals surface area (Å²) in [6.45, 7) is 9.45. The van der Waals surface area contributed by atoms with E-state index in [9.17, 15) is 14.4 Å². The van der Waals surface area contributed by atoms with Gasteiger partial charge in [-0.05, 0) is 32.1 Å². The van der Waals surface area contributed by atoms with Crippen LogP contribution in [0.4, 0.5) is 0 Å². The molecule has 6 heteroatoms. The van der Waals surface area contributed by atoms with Crippen molar-refractivity contribution in [2.24, 2.45) is 23.0 Å². The minimum Gasteiger partial charge on any atom is -0.366 e. The third kappa shape index (κ3) is 4.73. The normalized spacial score (nSPS) is 18.0. The summed E-state index contributed by atoms with van der Waals surface area (Å²) in [6, 6.07) is 0. The fourth-order valence-corrected chi connectivity index (χ4v) is 3.38. The van der Waals surface area contributed by atoms with Crippen molar-refractivity contribution in [2.45, 2.75) is 85.2 Å². The van der Waals surface area contributed by atoms with Crippen molar-refractivity contribution in [1.29, 1.82) is 0 Å². The third-order valence-corrected chi connectivity index (χ3v) is 5.84. The molecular weight excluding hydrogens is 318 g/mol. The van der Waals surface area contributed by atoms with Crippen LogP contribution in [0.25, 0.3) is 0 Å². The predicted octanol–water partition coefficient (Wildman–Crippen LogP) is 2.46. The highest BCUT2D eigenvalue weighted by Crippen LogP contribution is 2.34. The molecule has 0 heterocycles. The summed E-state index contributed by atoms with van der Waals surface area (Å²) in [7, 11) is 0. The lowest BCUT2D eigenvalue weighted by Gasteiger charge is -2.40. The molecule has 1 aliphatic carbocycles. The number of nitrogens with two attached hydrogens (primary N) is 1. The smallest absolute Gasteiger partial charge is 0.264 e. The first-order valence-corrected chi connectivity index (χ1v) is 9.59. The number of hydrogen-bond donors (Lipinski definition) is 3. The molecule has 4 N–H and O–H groups in total. The highest BCUT2D eigenvalue weighted by Gasteiger charge is 2.49. The molecule has 1 fully saturated rings. The van der Waals surface area contributed by atoms with Crippen LogP contribution < -0.4 is 16.4 Å². The molecule has 6 nitrogen and oxygen atoms in total. The maximum Gasteiger partial charge on any atom is 0.264 e. The minimum atomic E-state index is -1.50. The number of hydrogen-bond acceptors (Lipinski definition) is 3. The zero-order valence-corrected chi connectivity index (χ0v) is 16.4. The Kier molecular flexibility index (Phi) is 7.44. The molecular formula is C19H35N3O3. The zero-order valence-electron chi connectivity index (χ0n) is 16.4. The molecule has 0 bridgehead atoms. The molecule has 1 rings (SSSR count). The Bertz CT molecular complexity index is 494. The molecule has 0 aromatic carbocycles. The van der Waals surface area contributed by atoms with Crippen LogP contribution in [0.3, 0.4) is 0 Å². The molecule has 1 atom stereocenters. The standard InChI is InChI=1S/C19H35N3O3/c1-6-13(7-2)15(23)21-19(16(20)24,14-11-9-10-12-14)22-17(25)18(4,5)8-3/h13-14H,6-12H2,1-5H3,(H2,20,24)(H,21,23)(H,22,25). The van der Waals surface area contributed by atoms with Crippen LogP contribution in [0.5, 0.6) is 0 Å². The van der Waals surface area contributed by atoms with Crippen molar-refractivity contribution in [3.8, 4) is 0 Å². The Morgan fingerprint density at radius 3 is 1.96 bits per heavy atom. The van der Waals surface area contributed by atoms with Crippen molar-refractivity contribution in [3.63, 3.8) is 0 Å². The second kappa shape index (κ2) is 8.68. The van der Waals surface area contributed by atoms with Crippen molar-refractivity contribution in [2.75, 3.05) is 0 Å². The van der Waals surface area contributed by atoms with Crippen molar-refractivity contribution in [3.05, 3.63) is 0 Å². The molecule has 1 unspecified atom stereocenters. The Morgan fingerprint density at radius 1 is 1.04 bits per heavy atom. The molecule has 3 amide bonds. The van der Waals surface area contributed by atoms with Gasteiger partial charge >= 0.3 is 0 Å². The second-order valence-electron chi connectivity index (χ2n) is 7.85. The van der Waals surface area contributed by atoms with Gasteiger partial charge in [0.25, 0.3) is 5.91 Å². The summed E-state index contributed by atoms with van der Waals surface area (Å²) >= 11 is 0. The van der Waals surface area contributed by atoms with E-state index in [2.05, 4.69) is 10.6 Å². The summed E-state index contributed by atoms with van der Waals surface area (Å²) in [4.78, 5) is 38.0. The molecule has 0 saturated heterocycles. The SMILES string of the molecule is CCC(CC)C(=O)NC(NC(=O)C(C)(C)CC)(C(N)=O)C1CCCC1. The lowest BCUT2D eigenvalue weighted by Crippen LogP contribution is -2.72. The predicted molar refractivity (Wildman–Crippen MR) is 98.3 cm³/mol. The number of carbonyl (C=O) groups excluding carboxylic acids is 3. The lowest BCUT2D eigenvalue weighted by molar-refractivity contribution is -0.144. The van der Waals surface area contributed by atoms with Gasteiger partial charge in [0.05, 0.1) is 0 Å². The maximum absolute atomic E-state index is 12.8. The van der Waals surface area contributed by atoms with Crippen molar-refractivity contribution in [1.82, 2.24) is 10.6 Å². The highest BCUT2D eigenvalue weighted by molar-refractivity contribution is 5.96. The fourth-order valence-electron chi connectivity index (χ4n) is 3.38. The Hall–Kier alpha value is -1.59. The average Bonchev–Trinajstić information content (AvgIpc) is 3.09. The average molecular weight is 354 g/mol. The van der Waals surface area contributed by atoms with E-state index in [1.54, 1.807) is 0 Å². The summed E-state index contributed by atoms with van der Waals surface area (Å²) in [5.41, 5.74) is 3.61. The van der Waals surface area contributed by atoms with Gasteiger partial charge < -0.3 is 16.4 Å². The number of amides is 3. The van der Waals surface area contributed by atoms with E-state index in [-0.39, 0.29) is 23.7 Å². The van der Waals surface area contributed by atoms with Crippen LogP contribution in [0, 0.1) is 17.3 Å². The molecule has 0 aromatic heterocycles. The van der Waals surface area contributed by atoms with Gasteiger partial charge in [0.1, 0.15) is 0 Å². The van der Waals surface area contributed by atoms with Crippen LogP contribution in [-0.4, -0.2) is 23.4 Å². The summed E-state index contributed by atoms with van der Waals surface area (Å²) < 4.78 is 0. The number of carbonyl (C=O) groups is 3. The fraction of sp³-hybridized carbons (Fsp3) is 0.842. The Balaban J connectivity index is 3.21. The first-order valence-electron chi connectivity index (χ1n) is 9.59. The van der Waals surface area contributed by atoms with E-state index in [4.69, 9.17) is 5.73 Å². The molecule has 0 aromatic rings. The first kappa shape index (κ1) is 21.5. The first-order chi connectivity index (χ1) is 11.6. The van der Waals surface area contributed by atoms with E-state index in [1.807, 2.05) is 34.6 Å². The van der Waals surface area contributed by atoms with Crippen LogP contribution in [-0.2, 0) is 14.4 Å². The zero-order chi connectivity index (χ0) is 19.3. The van der Waals surface area contributed by atoms with Gasteiger partial charge in [-0.2, -0.15) is 0 Å². The van der Waals surface area contributed by atoms with Gasteiger partial charge in [0, 0.05) is 17.3 Å². The van der Waals surface area contributed by atoms with Gasteiger partial charge in [0.2, 0.25) is 11.8 Å². The second-order valence-corrected chi connectivity index (χ2v) is 7.85. The molecule has 0 aliphatic heterocycles. The highest BCUT2D eigenvalue weighted by atomic mass is 16.2. The van der Waals surface area contributed by atoms with Crippen LogP contribution in [0.15, 0.2) is 0 Å². The minimum absolute atomic E-state index is 0.167. The van der Waals surface area contributed by atoms with Crippen LogP contribution in [0.2, 0.25) is 0 Å². The quantitative estimate of drug-likeness (QED) is 0.555. The van der Waals surface area contributed by atoms with Crippen LogP contribution >= 0.6 is 0 Å². The maximum atomic E-state index is 12.8. The van der Waals surface area contributed by atoms with Gasteiger partial charge in [-0.1, -0.05) is 47.5 Å². The van der Waals surface area contributed by atoms with E-state index < -0.39 is 17.0 Å². The molecule has 0 radical (unpaired) electrons. The lowest BCUT2D eigenvalue weighted by atomic mass is 9.84. The van der Waals surface area contributed by atoms with E-state index >= 15 is 0 Å². The Morgan fingerprint density at radius 2 is 1.56 bits per heavy atom. The number of primary amides is 1. The monoisotopic (exact) mass is 353 g/mol. The topological polar surface area (TPSA) is 101 Å². The molecule has 25 heavy (non-hydrogen) atoms. The number of nitrogens with one attached hydrogen (secondary N) is 2. The molecule has 0 spiro atoms. The summed E-state index contributed by atoms with van der Waals surface area (Å²) in [5, 5.41) is 5.71. The van der Waals surface area contributed by atoms with Crippen molar-refractivity contribution >= 4 is 17.7 Å². The summed E-state index contributed by atoms with van der Waals surface area (Å²) in [6.07, 6.45) is 5.43. The Labute approximate surface area is 151 Å². The molecule has 144 valence electrons.